The van der Waals surface area contributed by atoms with E-state index in [1.165, 1.54) is 16.8 Å². The molecule has 0 saturated carbocycles. The van der Waals surface area contributed by atoms with E-state index in [1.807, 2.05) is 12.3 Å². The lowest BCUT2D eigenvalue weighted by Crippen LogP contribution is -2.75. The van der Waals surface area contributed by atoms with Crippen LogP contribution in [0.15, 0.2) is 48.7 Å². The van der Waals surface area contributed by atoms with Crippen molar-refractivity contribution >= 4 is 17.3 Å². The zero-order valence-corrected chi connectivity index (χ0v) is 13.2. The van der Waals surface area contributed by atoms with Crippen molar-refractivity contribution in [2.45, 2.75) is 38.1 Å². The predicted molar refractivity (Wildman–Crippen MR) is 86.8 cm³/mol. The number of nitrogens with zero attached hydrogens (tertiary/aromatic N) is 1. The highest BCUT2D eigenvalue weighted by Crippen LogP contribution is 2.39. The molecule has 0 amide bonds. The minimum atomic E-state index is -0.104. The SMILES string of the molecule is CCC1=[NH+][C@@H](C)CC1(c1ccccc1)c1ccc(Cl)nc1. The summed E-state index contributed by atoms with van der Waals surface area (Å²) >= 11 is 5.98. The van der Waals surface area contributed by atoms with E-state index < -0.39 is 0 Å². The molecule has 3 rings (SSSR count). The largest absolute Gasteiger partial charge is 0.246 e. The molecule has 1 N–H and O–H groups in total. The number of halogens is 1. The van der Waals surface area contributed by atoms with Crippen LogP contribution in [0.2, 0.25) is 5.15 Å². The van der Waals surface area contributed by atoms with Gasteiger partial charge in [-0.2, -0.15) is 0 Å². The van der Waals surface area contributed by atoms with E-state index in [1.54, 1.807) is 0 Å². The predicted octanol–water partition coefficient (Wildman–Crippen LogP) is 2.74. The van der Waals surface area contributed by atoms with Gasteiger partial charge < -0.3 is 0 Å². The Bertz CT molecular complexity index is 649. The van der Waals surface area contributed by atoms with Crippen molar-refractivity contribution in [3.63, 3.8) is 0 Å². The third-order valence-corrected chi connectivity index (χ3v) is 4.61. The lowest BCUT2D eigenvalue weighted by molar-refractivity contribution is -0.489. The van der Waals surface area contributed by atoms with E-state index >= 15 is 0 Å². The molecule has 2 heterocycles. The van der Waals surface area contributed by atoms with Gasteiger partial charge in [0, 0.05) is 19.0 Å². The lowest BCUT2D eigenvalue weighted by Gasteiger charge is -2.28. The lowest BCUT2D eigenvalue weighted by atomic mass is 9.69. The molecule has 0 bridgehead atoms. The first kappa shape index (κ1) is 14.3. The first-order valence-electron chi connectivity index (χ1n) is 7.47. The molecule has 2 nitrogen and oxygen atoms in total. The molecule has 0 saturated heterocycles. The number of benzene rings is 1. The molecular formula is C18H20ClN2+. The van der Waals surface area contributed by atoms with Crippen LogP contribution >= 0.6 is 11.6 Å². The van der Waals surface area contributed by atoms with E-state index in [0.717, 1.165) is 12.8 Å². The van der Waals surface area contributed by atoms with Crippen LogP contribution < -0.4 is 4.99 Å². The molecule has 1 aromatic heterocycles. The number of hydrogen-bond acceptors (Lipinski definition) is 1. The Hall–Kier alpha value is -1.67. The molecule has 3 heteroatoms. The Morgan fingerprint density at radius 2 is 1.95 bits per heavy atom. The van der Waals surface area contributed by atoms with Crippen LogP contribution in [0.4, 0.5) is 0 Å². The molecule has 1 aromatic carbocycles. The quantitative estimate of drug-likeness (QED) is 0.867. The Balaban J connectivity index is 2.21. The summed E-state index contributed by atoms with van der Waals surface area (Å²) in [5.41, 5.74) is 3.80. The fourth-order valence-corrected chi connectivity index (χ4v) is 3.67. The number of rotatable bonds is 3. The molecule has 2 atom stereocenters. The Morgan fingerprint density at radius 3 is 2.57 bits per heavy atom. The van der Waals surface area contributed by atoms with E-state index in [-0.39, 0.29) is 5.41 Å². The molecular weight excluding hydrogens is 280 g/mol. The monoisotopic (exact) mass is 299 g/mol. The van der Waals surface area contributed by atoms with Gasteiger partial charge >= 0.3 is 0 Å². The van der Waals surface area contributed by atoms with Crippen LogP contribution in [-0.2, 0) is 5.41 Å². The summed E-state index contributed by atoms with van der Waals surface area (Å²) in [6.07, 6.45) is 3.97. The standard InChI is InChI=1S/C18H19ClN2/c1-3-16-18(11-13(2)21-16,14-7-5-4-6-8-14)15-9-10-17(19)20-12-15/h4-10,12-13H,3,11H2,1-2H3/p+1/t13-,18?/m0/s1. The summed E-state index contributed by atoms with van der Waals surface area (Å²) in [5, 5.41) is 0.541. The normalized spacial score (nSPS) is 24.9. The van der Waals surface area contributed by atoms with E-state index in [0.29, 0.717) is 11.2 Å². The van der Waals surface area contributed by atoms with Crippen molar-refractivity contribution in [1.29, 1.82) is 0 Å². The smallest absolute Gasteiger partial charge is 0.166 e. The van der Waals surface area contributed by atoms with Crippen molar-refractivity contribution in [2.24, 2.45) is 0 Å². The number of nitrogens with one attached hydrogen (secondary N) is 1. The van der Waals surface area contributed by atoms with Crippen molar-refractivity contribution < 1.29 is 4.99 Å². The minimum absolute atomic E-state index is 0.104. The van der Waals surface area contributed by atoms with Crippen LogP contribution in [-0.4, -0.2) is 16.7 Å². The van der Waals surface area contributed by atoms with E-state index in [4.69, 9.17) is 11.6 Å². The highest BCUT2D eigenvalue weighted by Gasteiger charge is 2.49. The van der Waals surface area contributed by atoms with E-state index in [2.05, 4.69) is 60.2 Å². The molecule has 0 radical (unpaired) electrons. The van der Waals surface area contributed by atoms with Crippen LogP contribution in [0.25, 0.3) is 0 Å². The summed E-state index contributed by atoms with van der Waals surface area (Å²) in [4.78, 5) is 7.97. The Morgan fingerprint density at radius 1 is 1.19 bits per heavy atom. The molecule has 0 fully saturated rings. The minimum Gasteiger partial charge on any atom is -0.246 e. The van der Waals surface area contributed by atoms with Gasteiger partial charge in [-0.15, -0.1) is 0 Å². The molecule has 108 valence electrons. The first-order valence-corrected chi connectivity index (χ1v) is 7.85. The molecule has 1 aliphatic heterocycles. The third-order valence-electron chi connectivity index (χ3n) is 4.39. The second kappa shape index (κ2) is 5.61. The van der Waals surface area contributed by atoms with Crippen LogP contribution in [0.1, 0.15) is 37.8 Å². The summed E-state index contributed by atoms with van der Waals surface area (Å²) in [5.74, 6) is 0. The van der Waals surface area contributed by atoms with Crippen LogP contribution in [0.5, 0.6) is 0 Å². The Labute approximate surface area is 130 Å². The average molecular weight is 300 g/mol. The van der Waals surface area contributed by atoms with Gasteiger partial charge in [-0.3, -0.25) is 0 Å². The second-order valence-electron chi connectivity index (χ2n) is 5.72. The van der Waals surface area contributed by atoms with Gasteiger partial charge in [-0.1, -0.05) is 54.9 Å². The molecule has 0 aliphatic carbocycles. The number of hydrogen-bond donors (Lipinski definition) is 1. The van der Waals surface area contributed by atoms with Gasteiger partial charge in [-0.25, -0.2) is 9.98 Å². The van der Waals surface area contributed by atoms with Crippen molar-refractivity contribution in [2.75, 3.05) is 0 Å². The van der Waals surface area contributed by atoms with Gasteiger partial charge in [0.25, 0.3) is 0 Å². The van der Waals surface area contributed by atoms with Crippen LogP contribution in [0, 0.1) is 0 Å². The van der Waals surface area contributed by atoms with E-state index in [9.17, 15) is 0 Å². The van der Waals surface area contributed by atoms with Gasteiger partial charge in [-0.05, 0) is 24.1 Å². The van der Waals surface area contributed by atoms with Gasteiger partial charge in [0.1, 0.15) is 16.6 Å². The summed E-state index contributed by atoms with van der Waals surface area (Å²) in [7, 11) is 0. The maximum atomic E-state index is 5.98. The number of pyridine rings is 1. The fourth-order valence-electron chi connectivity index (χ4n) is 3.56. The number of aromatic nitrogens is 1. The summed E-state index contributed by atoms with van der Waals surface area (Å²) in [6.45, 7) is 4.45. The van der Waals surface area contributed by atoms with Gasteiger partial charge in [0.15, 0.2) is 5.71 Å². The van der Waals surface area contributed by atoms with Gasteiger partial charge in [0.2, 0.25) is 0 Å². The van der Waals surface area contributed by atoms with Crippen molar-refractivity contribution in [1.82, 2.24) is 4.98 Å². The van der Waals surface area contributed by atoms with Crippen molar-refractivity contribution in [3.8, 4) is 0 Å². The summed E-state index contributed by atoms with van der Waals surface area (Å²) in [6, 6.07) is 15.2. The fraction of sp³-hybridized carbons (Fsp3) is 0.333. The second-order valence-corrected chi connectivity index (χ2v) is 6.11. The molecule has 1 unspecified atom stereocenters. The maximum Gasteiger partial charge on any atom is 0.166 e. The maximum absolute atomic E-state index is 5.98. The average Bonchev–Trinajstić information content (AvgIpc) is 2.86. The Kier molecular flexibility index (Phi) is 3.81. The van der Waals surface area contributed by atoms with Crippen LogP contribution in [0.3, 0.4) is 0 Å². The summed E-state index contributed by atoms with van der Waals surface area (Å²) < 4.78 is 0. The van der Waals surface area contributed by atoms with Crippen molar-refractivity contribution in [3.05, 3.63) is 64.9 Å². The van der Waals surface area contributed by atoms with Gasteiger partial charge in [0.05, 0.1) is 0 Å². The molecule has 1 aliphatic rings. The molecule has 2 aromatic rings. The zero-order valence-electron chi connectivity index (χ0n) is 12.4. The highest BCUT2D eigenvalue weighted by molar-refractivity contribution is 6.29. The molecule has 21 heavy (non-hydrogen) atoms. The molecule has 0 spiro atoms. The zero-order chi connectivity index (χ0) is 14.9. The third kappa shape index (κ3) is 2.38. The topological polar surface area (TPSA) is 26.9 Å². The first-order chi connectivity index (χ1) is 10.2. The highest BCUT2D eigenvalue weighted by atomic mass is 35.5.